The topological polar surface area (TPSA) is 66.4 Å². The van der Waals surface area contributed by atoms with Crippen LogP contribution in [0.3, 0.4) is 0 Å². The first-order valence-electron chi connectivity index (χ1n) is 4.77. The number of carboxylic acid groups (broad SMARTS) is 1. The summed E-state index contributed by atoms with van der Waals surface area (Å²) >= 11 is 11.1. The summed E-state index contributed by atoms with van der Waals surface area (Å²) in [6, 6.07) is 1.79. The van der Waals surface area contributed by atoms with Gasteiger partial charge in [-0.3, -0.25) is 4.79 Å². The van der Waals surface area contributed by atoms with E-state index in [0.29, 0.717) is 0 Å². The Morgan fingerprint density at radius 1 is 1.25 bits per heavy atom. The number of carbonyl (C=O) groups excluding carboxylic acids is 1. The summed E-state index contributed by atoms with van der Waals surface area (Å²) in [5.74, 6) is -9.00. The number of rotatable bonds is 4. The molecule has 10 heteroatoms. The van der Waals surface area contributed by atoms with E-state index in [0.717, 1.165) is 12.1 Å². The number of benzene rings is 1. The van der Waals surface area contributed by atoms with E-state index in [1.807, 2.05) is 0 Å². The van der Waals surface area contributed by atoms with Crippen LogP contribution in [0.5, 0.6) is 0 Å². The molecule has 0 unspecified atom stereocenters. The van der Waals surface area contributed by atoms with E-state index in [9.17, 15) is 27.2 Å². The second kappa shape index (κ2) is 5.84. The fourth-order valence-corrected chi connectivity index (χ4v) is 1.71. The predicted octanol–water partition coefficient (Wildman–Crippen LogP) is 3.53. The highest BCUT2D eigenvalue weighted by molar-refractivity contribution is 6.37. The first kappa shape index (κ1) is 16.5. The van der Waals surface area contributed by atoms with Crippen molar-refractivity contribution < 1.29 is 32.3 Å². The number of carboxylic acids is 1. The Balaban J connectivity index is 3.22. The molecule has 0 aromatic heterocycles. The maximum atomic E-state index is 12.8. The Bertz CT molecular complexity index is 566. The van der Waals surface area contributed by atoms with Crippen LogP contribution in [-0.2, 0) is 4.79 Å². The normalized spacial score (nSPS) is 11.6. The maximum absolute atomic E-state index is 12.8. The van der Waals surface area contributed by atoms with Gasteiger partial charge in [0.1, 0.15) is 0 Å². The second-order valence-electron chi connectivity index (χ2n) is 3.49. The van der Waals surface area contributed by atoms with Crippen LogP contribution < -0.4 is 5.32 Å². The van der Waals surface area contributed by atoms with Crippen LogP contribution in [0.15, 0.2) is 12.1 Å². The molecule has 1 aromatic carbocycles. The first-order chi connectivity index (χ1) is 9.07. The third-order valence-electron chi connectivity index (χ3n) is 2.10. The highest BCUT2D eigenvalue weighted by Crippen LogP contribution is 2.32. The van der Waals surface area contributed by atoms with E-state index in [1.54, 1.807) is 0 Å². The smallest absolute Gasteiger partial charge is 0.383 e. The molecule has 2 N–H and O–H groups in total. The van der Waals surface area contributed by atoms with E-state index in [2.05, 4.69) is 0 Å². The molecule has 1 aromatic rings. The molecule has 0 spiro atoms. The molecule has 0 aliphatic rings. The lowest BCUT2D eigenvalue weighted by Crippen LogP contribution is -2.41. The Kier molecular flexibility index (Phi) is 4.82. The number of amides is 1. The molecule has 0 atom stereocenters. The number of halogens is 6. The van der Waals surface area contributed by atoms with Crippen LogP contribution in [0.2, 0.25) is 10.0 Å². The summed E-state index contributed by atoms with van der Waals surface area (Å²) < 4.78 is 49.6. The Morgan fingerprint density at radius 3 is 2.25 bits per heavy atom. The van der Waals surface area contributed by atoms with Crippen molar-refractivity contribution in [1.82, 2.24) is 0 Å². The van der Waals surface area contributed by atoms with Crippen LogP contribution >= 0.6 is 23.2 Å². The predicted molar refractivity (Wildman–Crippen MR) is 63.0 cm³/mol. The average molecular weight is 334 g/mol. The standard InChI is InChI=1S/C10H5Cl2F4NO3/c11-3-1-4(7(18)19)6(5(12)2-3)17-9(20)10(15,16)8(13)14/h1-2,8H,(H,17,20)(H,18,19). The fraction of sp³-hybridized carbons (Fsp3) is 0.200. The third-order valence-corrected chi connectivity index (χ3v) is 2.62. The average Bonchev–Trinajstić information content (AvgIpc) is 2.31. The third kappa shape index (κ3) is 3.31. The number of alkyl halides is 4. The van der Waals surface area contributed by atoms with E-state index >= 15 is 0 Å². The van der Waals surface area contributed by atoms with Crippen LogP contribution in [0.1, 0.15) is 10.4 Å². The molecule has 110 valence electrons. The number of nitrogens with one attached hydrogen (secondary N) is 1. The van der Waals surface area contributed by atoms with Crippen LogP contribution in [-0.4, -0.2) is 29.3 Å². The minimum atomic E-state index is -4.99. The van der Waals surface area contributed by atoms with Gasteiger partial charge in [0, 0.05) is 5.02 Å². The fourth-order valence-electron chi connectivity index (χ4n) is 1.17. The molecule has 0 heterocycles. The van der Waals surface area contributed by atoms with Crippen LogP contribution in [0, 0.1) is 0 Å². The van der Waals surface area contributed by atoms with Gasteiger partial charge in [-0.2, -0.15) is 8.78 Å². The number of hydrogen-bond donors (Lipinski definition) is 2. The summed E-state index contributed by atoms with van der Waals surface area (Å²) in [5, 5.41) is 9.59. The van der Waals surface area contributed by atoms with Crippen molar-refractivity contribution in [1.29, 1.82) is 0 Å². The summed E-state index contributed by atoms with van der Waals surface area (Å²) in [5.41, 5.74) is -1.45. The van der Waals surface area contributed by atoms with Gasteiger partial charge >= 0.3 is 24.2 Å². The maximum Gasteiger partial charge on any atom is 0.383 e. The van der Waals surface area contributed by atoms with Gasteiger partial charge < -0.3 is 10.4 Å². The van der Waals surface area contributed by atoms with Gasteiger partial charge in [-0.05, 0) is 12.1 Å². The van der Waals surface area contributed by atoms with Gasteiger partial charge in [0.15, 0.2) is 0 Å². The number of carbonyl (C=O) groups is 2. The Hall–Kier alpha value is -1.54. The summed E-state index contributed by atoms with van der Waals surface area (Å²) in [4.78, 5) is 21.9. The lowest BCUT2D eigenvalue weighted by molar-refractivity contribution is -0.163. The van der Waals surface area contributed by atoms with Crippen LogP contribution in [0.25, 0.3) is 0 Å². The number of aromatic carboxylic acids is 1. The van der Waals surface area contributed by atoms with Gasteiger partial charge in [-0.25, -0.2) is 13.6 Å². The zero-order valence-electron chi connectivity index (χ0n) is 9.26. The molecule has 0 bridgehead atoms. The number of anilines is 1. The van der Waals surface area contributed by atoms with Gasteiger partial charge in [-0.1, -0.05) is 23.2 Å². The largest absolute Gasteiger partial charge is 0.478 e. The lowest BCUT2D eigenvalue weighted by atomic mass is 10.1. The SMILES string of the molecule is O=C(O)c1cc(Cl)cc(Cl)c1NC(=O)C(F)(F)C(F)F. The highest BCUT2D eigenvalue weighted by Gasteiger charge is 2.49. The minimum Gasteiger partial charge on any atom is -0.478 e. The van der Waals surface area contributed by atoms with Crippen molar-refractivity contribution in [3.63, 3.8) is 0 Å². The zero-order chi connectivity index (χ0) is 15.7. The molecule has 20 heavy (non-hydrogen) atoms. The summed E-state index contributed by atoms with van der Waals surface area (Å²) in [6.45, 7) is 0. The van der Waals surface area contributed by atoms with Gasteiger partial charge in [0.2, 0.25) is 0 Å². The molecule has 1 amide bonds. The summed E-state index contributed by atoms with van der Waals surface area (Å²) in [7, 11) is 0. The van der Waals surface area contributed by atoms with E-state index in [1.165, 1.54) is 5.32 Å². The lowest BCUT2D eigenvalue weighted by Gasteiger charge is -2.16. The zero-order valence-corrected chi connectivity index (χ0v) is 10.8. The minimum absolute atomic E-state index is 0.133. The summed E-state index contributed by atoms with van der Waals surface area (Å²) in [6.07, 6.45) is -4.25. The van der Waals surface area contributed by atoms with Gasteiger partial charge in [0.05, 0.1) is 16.3 Å². The molecular weight excluding hydrogens is 329 g/mol. The van der Waals surface area contributed by atoms with Gasteiger partial charge in [-0.15, -0.1) is 0 Å². The quantitative estimate of drug-likeness (QED) is 0.828. The van der Waals surface area contributed by atoms with Crippen molar-refractivity contribution in [2.75, 3.05) is 5.32 Å². The first-order valence-corrected chi connectivity index (χ1v) is 5.52. The van der Waals surface area contributed by atoms with Crippen molar-refractivity contribution in [3.05, 3.63) is 27.7 Å². The highest BCUT2D eigenvalue weighted by atomic mass is 35.5. The van der Waals surface area contributed by atoms with Crippen molar-refractivity contribution in [3.8, 4) is 0 Å². The van der Waals surface area contributed by atoms with E-state index in [4.69, 9.17) is 28.3 Å². The molecule has 1 rings (SSSR count). The molecule has 4 nitrogen and oxygen atoms in total. The van der Waals surface area contributed by atoms with Crippen molar-refractivity contribution in [2.45, 2.75) is 12.3 Å². The van der Waals surface area contributed by atoms with E-state index in [-0.39, 0.29) is 5.02 Å². The Morgan fingerprint density at radius 2 is 1.80 bits per heavy atom. The molecule has 0 saturated heterocycles. The molecule has 0 aliphatic heterocycles. The second-order valence-corrected chi connectivity index (χ2v) is 4.34. The Labute approximate surface area is 119 Å². The van der Waals surface area contributed by atoms with Crippen molar-refractivity contribution in [2.24, 2.45) is 0 Å². The molecule has 0 saturated carbocycles. The van der Waals surface area contributed by atoms with E-state index < -0.39 is 40.5 Å². The molecule has 0 radical (unpaired) electrons. The monoisotopic (exact) mass is 333 g/mol. The van der Waals surface area contributed by atoms with Gasteiger partial charge in [0.25, 0.3) is 0 Å². The van der Waals surface area contributed by atoms with Crippen LogP contribution in [0.4, 0.5) is 23.2 Å². The number of hydrogen-bond acceptors (Lipinski definition) is 2. The van der Waals surface area contributed by atoms with Crippen molar-refractivity contribution >= 4 is 40.8 Å². The molecular formula is C10H5Cl2F4NO3. The molecule has 0 aliphatic carbocycles. The molecule has 0 fully saturated rings.